The molecule has 0 amide bonds. The maximum absolute atomic E-state index is 12.0. The van der Waals surface area contributed by atoms with E-state index >= 15 is 0 Å². The van der Waals surface area contributed by atoms with Crippen LogP contribution < -0.4 is 5.73 Å². The fraction of sp³-hybridized carbons (Fsp3) is 1.00. The zero-order chi connectivity index (χ0) is 12.8. The van der Waals surface area contributed by atoms with Gasteiger partial charge in [-0.15, -0.1) is 0 Å². The summed E-state index contributed by atoms with van der Waals surface area (Å²) in [6.45, 7) is 4.98. The minimum Gasteiger partial charge on any atom is -0.329 e. The van der Waals surface area contributed by atoms with Crippen molar-refractivity contribution in [2.45, 2.75) is 51.2 Å². The van der Waals surface area contributed by atoms with Crippen molar-refractivity contribution in [1.29, 1.82) is 0 Å². The van der Waals surface area contributed by atoms with Crippen molar-refractivity contribution >= 4 is 0 Å². The molecule has 2 nitrogen and oxygen atoms in total. The van der Waals surface area contributed by atoms with E-state index in [-0.39, 0.29) is 12.0 Å². The summed E-state index contributed by atoms with van der Waals surface area (Å²) in [6, 6.07) is 0. The fourth-order valence-electron chi connectivity index (χ4n) is 1.99. The predicted molar refractivity (Wildman–Crippen MR) is 60.3 cm³/mol. The van der Waals surface area contributed by atoms with Crippen LogP contribution in [0.3, 0.4) is 0 Å². The lowest BCUT2D eigenvalue weighted by atomic mass is 9.91. The van der Waals surface area contributed by atoms with Gasteiger partial charge in [-0.2, -0.15) is 13.2 Å². The van der Waals surface area contributed by atoms with E-state index in [0.29, 0.717) is 13.1 Å². The molecule has 0 saturated carbocycles. The Hall–Kier alpha value is -0.290. The zero-order valence-electron chi connectivity index (χ0n) is 10.4. The van der Waals surface area contributed by atoms with Crippen LogP contribution in [0.1, 0.15) is 39.5 Å². The normalized spacial score (nSPS) is 13.5. The monoisotopic (exact) mass is 240 g/mol. The van der Waals surface area contributed by atoms with Crippen molar-refractivity contribution in [2.75, 3.05) is 20.1 Å². The summed E-state index contributed by atoms with van der Waals surface area (Å²) >= 11 is 0. The Morgan fingerprint density at radius 3 is 1.94 bits per heavy atom. The zero-order valence-corrected chi connectivity index (χ0v) is 10.4. The minimum absolute atomic E-state index is 0.141. The first-order valence-corrected chi connectivity index (χ1v) is 5.79. The van der Waals surface area contributed by atoms with Crippen molar-refractivity contribution in [2.24, 2.45) is 5.73 Å². The van der Waals surface area contributed by atoms with Gasteiger partial charge in [-0.25, -0.2) is 0 Å². The maximum atomic E-state index is 12.0. The van der Waals surface area contributed by atoms with Crippen LogP contribution in [-0.4, -0.2) is 36.8 Å². The van der Waals surface area contributed by atoms with E-state index in [0.717, 1.165) is 12.8 Å². The summed E-state index contributed by atoms with van der Waals surface area (Å²) in [7, 11) is 1.86. The highest BCUT2D eigenvalue weighted by Crippen LogP contribution is 2.25. The Morgan fingerprint density at radius 1 is 1.12 bits per heavy atom. The van der Waals surface area contributed by atoms with Gasteiger partial charge in [0.25, 0.3) is 0 Å². The van der Waals surface area contributed by atoms with Crippen molar-refractivity contribution < 1.29 is 13.2 Å². The molecule has 0 aromatic heterocycles. The number of halogens is 3. The third-order valence-corrected chi connectivity index (χ3v) is 3.46. The number of hydrogen-bond acceptors (Lipinski definition) is 2. The number of alkyl halides is 3. The highest BCUT2D eigenvalue weighted by atomic mass is 19.4. The first kappa shape index (κ1) is 15.7. The molecule has 0 radical (unpaired) electrons. The van der Waals surface area contributed by atoms with Gasteiger partial charge in [-0.3, -0.25) is 4.90 Å². The second kappa shape index (κ2) is 6.45. The van der Waals surface area contributed by atoms with Gasteiger partial charge < -0.3 is 5.73 Å². The number of nitrogens with zero attached hydrogens (tertiary/aromatic N) is 1. The van der Waals surface area contributed by atoms with Crippen LogP contribution in [0.5, 0.6) is 0 Å². The Kier molecular flexibility index (Phi) is 6.33. The van der Waals surface area contributed by atoms with Crippen molar-refractivity contribution in [3.05, 3.63) is 0 Å². The molecule has 0 aliphatic carbocycles. The molecule has 0 aromatic carbocycles. The lowest BCUT2D eigenvalue weighted by molar-refractivity contribution is -0.136. The van der Waals surface area contributed by atoms with E-state index in [9.17, 15) is 13.2 Å². The summed E-state index contributed by atoms with van der Waals surface area (Å²) in [5, 5.41) is 0. The Morgan fingerprint density at radius 2 is 1.62 bits per heavy atom. The molecule has 0 atom stereocenters. The Labute approximate surface area is 96.0 Å². The quantitative estimate of drug-likeness (QED) is 0.741. The van der Waals surface area contributed by atoms with Crippen molar-refractivity contribution in [1.82, 2.24) is 4.90 Å². The highest BCUT2D eigenvalue weighted by molar-refractivity contribution is 4.87. The number of hydrogen-bond donors (Lipinski definition) is 1. The average molecular weight is 240 g/mol. The molecule has 0 rings (SSSR count). The first-order valence-electron chi connectivity index (χ1n) is 5.79. The third-order valence-electron chi connectivity index (χ3n) is 3.46. The molecule has 0 aromatic rings. The van der Waals surface area contributed by atoms with Crippen LogP contribution in [0.2, 0.25) is 0 Å². The summed E-state index contributed by atoms with van der Waals surface area (Å²) in [5.41, 5.74) is 5.58. The molecule has 0 unspecified atom stereocenters. The van der Waals surface area contributed by atoms with Crippen LogP contribution in [0.4, 0.5) is 13.2 Å². The van der Waals surface area contributed by atoms with Crippen LogP contribution in [0.25, 0.3) is 0 Å². The lowest BCUT2D eigenvalue weighted by Crippen LogP contribution is -2.51. The van der Waals surface area contributed by atoms with Gasteiger partial charge in [0.05, 0.1) is 0 Å². The molecule has 0 spiro atoms. The van der Waals surface area contributed by atoms with E-state index < -0.39 is 12.6 Å². The molecule has 0 aliphatic rings. The lowest BCUT2D eigenvalue weighted by Gasteiger charge is -2.40. The van der Waals surface area contributed by atoms with E-state index in [1.807, 2.05) is 25.8 Å². The van der Waals surface area contributed by atoms with E-state index in [1.54, 1.807) is 0 Å². The summed E-state index contributed by atoms with van der Waals surface area (Å²) in [6.07, 6.45) is -2.90. The van der Waals surface area contributed by atoms with Gasteiger partial charge in [0.1, 0.15) is 0 Å². The van der Waals surface area contributed by atoms with Crippen LogP contribution in [-0.2, 0) is 0 Å². The molecule has 0 saturated heterocycles. The second-order valence-electron chi connectivity index (χ2n) is 4.28. The topological polar surface area (TPSA) is 29.3 Å². The Bertz CT molecular complexity index is 180. The van der Waals surface area contributed by atoms with Gasteiger partial charge in [-0.05, 0) is 32.9 Å². The molecule has 2 N–H and O–H groups in total. The highest BCUT2D eigenvalue weighted by Gasteiger charge is 2.31. The summed E-state index contributed by atoms with van der Waals surface area (Å²) in [5.74, 6) is 0. The van der Waals surface area contributed by atoms with Crippen LogP contribution >= 0.6 is 0 Å². The molecule has 0 bridgehead atoms. The molecular weight excluding hydrogens is 217 g/mol. The van der Waals surface area contributed by atoms with Crippen LogP contribution in [0, 0.1) is 0 Å². The van der Waals surface area contributed by atoms with Gasteiger partial charge >= 0.3 is 6.18 Å². The standard InChI is InChI=1S/C11H23F3N2/c1-4-10(5-2,9-15)16(3)8-6-7-11(12,13)14/h4-9,15H2,1-3H3. The first-order chi connectivity index (χ1) is 7.31. The van der Waals surface area contributed by atoms with Crippen molar-refractivity contribution in [3.8, 4) is 0 Å². The predicted octanol–water partition coefficient (Wildman–Crippen LogP) is 2.78. The number of rotatable bonds is 7. The van der Waals surface area contributed by atoms with Gasteiger partial charge in [-0.1, -0.05) is 13.8 Å². The minimum atomic E-state index is -4.05. The van der Waals surface area contributed by atoms with Gasteiger partial charge in [0.2, 0.25) is 0 Å². The van der Waals surface area contributed by atoms with E-state index in [4.69, 9.17) is 5.73 Å². The van der Waals surface area contributed by atoms with Gasteiger partial charge in [0.15, 0.2) is 0 Å². The third kappa shape index (κ3) is 4.70. The summed E-state index contributed by atoms with van der Waals surface area (Å²) < 4.78 is 36.0. The van der Waals surface area contributed by atoms with Crippen LogP contribution in [0.15, 0.2) is 0 Å². The average Bonchev–Trinajstić information content (AvgIpc) is 2.19. The van der Waals surface area contributed by atoms with Crippen molar-refractivity contribution in [3.63, 3.8) is 0 Å². The van der Waals surface area contributed by atoms with E-state index in [2.05, 4.69) is 0 Å². The van der Waals surface area contributed by atoms with E-state index in [1.165, 1.54) is 0 Å². The Balaban J connectivity index is 4.17. The van der Waals surface area contributed by atoms with Gasteiger partial charge in [0, 0.05) is 18.5 Å². The smallest absolute Gasteiger partial charge is 0.329 e. The summed E-state index contributed by atoms with van der Waals surface area (Å²) in [4.78, 5) is 1.97. The molecule has 0 fully saturated rings. The maximum Gasteiger partial charge on any atom is 0.389 e. The molecule has 98 valence electrons. The molecule has 16 heavy (non-hydrogen) atoms. The largest absolute Gasteiger partial charge is 0.389 e. The number of nitrogens with two attached hydrogens (primary N) is 1. The SMILES string of the molecule is CCC(CC)(CN)N(C)CCCC(F)(F)F. The molecular formula is C11H23F3N2. The molecule has 0 heterocycles. The molecule has 0 aliphatic heterocycles. The molecule has 5 heteroatoms. The fourth-order valence-corrected chi connectivity index (χ4v) is 1.99. The number of likely N-dealkylation sites (N-methyl/N-ethyl adjacent to an activating group) is 1. The second-order valence-corrected chi connectivity index (χ2v) is 4.28.